The van der Waals surface area contributed by atoms with Crippen molar-refractivity contribution in [3.05, 3.63) is 35.4 Å². The molecule has 16 heavy (non-hydrogen) atoms. The Morgan fingerprint density at radius 3 is 3.06 bits per heavy atom. The lowest BCUT2D eigenvalue weighted by atomic mass is 10.1. The fraction of sp³-hybridized carbons (Fsp3) is 0.417. The third kappa shape index (κ3) is 1.88. The number of aliphatic hydroxyl groups excluding tert-OH is 1. The maximum absolute atomic E-state index is 11.5. The van der Waals surface area contributed by atoms with E-state index in [4.69, 9.17) is 5.11 Å². The van der Waals surface area contributed by atoms with Gasteiger partial charge in [-0.15, -0.1) is 0 Å². The summed E-state index contributed by atoms with van der Waals surface area (Å²) in [7, 11) is 1.70. The Kier molecular flexibility index (Phi) is 3.10. The van der Waals surface area contributed by atoms with Crippen molar-refractivity contribution in [2.24, 2.45) is 0 Å². The number of benzene rings is 1. The van der Waals surface area contributed by atoms with Crippen LogP contribution in [0.4, 0.5) is 4.79 Å². The molecule has 4 nitrogen and oxygen atoms in total. The monoisotopic (exact) mass is 221 g/mol. The summed E-state index contributed by atoms with van der Waals surface area (Å²) in [5.41, 5.74) is 2.47. The number of rotatable bonds is 2. The predicted octanol–water partition coefficient (Wildman–Crippen LogP) is 1.69. The van der Waals surface area contributed by atoms with Gasteiger partial charge >= 0.3 is 6.09 Å². The summed E-state index contributed by atoms with van der Waals surface area (Å²) in [6.45, 7) is -0.572. The number of carbonyl (C=O) groups is 1. The van der Waals surface area contributed by atoms with Crippen molar-refractivity contribution in [1.82, 2.24) is 4.90 Å². The fourth-order valence-corrected chi connectivity index (χ4v) is 2.22. The summed E-state index contributed by atoms with van der Waals surface area (Å²) in [5, 5.41) is 8.55. The van der Waals surface area contributed by atoms with Gasteiger partial charge in [-0.1, -0.05) is 24.3 Å². The molecule has 0 bridgehead atoms. The minimum absolute atomic E-state index is 0.0650. The molecule has 2 rings (SSSR count). The second-order valence-electron chi connectivity index (χ2n) is 3.90. The molecule has 0 aliphatic heterocycles. The van der Waals surface area contributed by atoms with Crippen LogP contribution in [0.5, 0.6) is 0 Å². The zero-order chi connectivity index (χ0) is 11.5. The van der Waals surface area contributed by atoms with E-state index in [1.807, 2.05) is 18.2 Å². The van der Waals surface area contributed by atoms with E-state index in [9.17, 15) is 4.79 Å². The summed E-state index contributed by atoms with van der Waals surface area (Å²) >= 11 is 0. The van der Waals surface area contributed by atoms with Crippen LogP contribution in [-0.2, 0) is 11.2 Å². The lowest BCUT2D eigenvalue weighted by Gasteiger charge is -2.24. The molecule has 0 saturated carbocycles. The van der Waals surface area contributed by atoms with Crippen molar-refractivity contribution >= 4 is 6.09 Å². The van der Waals surface area contributed by atoms with Crippen LogP contribution in [0.2, 0.25) is 0 Å². The third-order valence-electron chi connectivity index (χ3n) is 3.04. The lowest BCUT2D eigenvalue weighted by molar-refractivity contribution is 0.0197. The summed E-state index contributed by atoms with van der Waals surface area (Å²) < 4.78 is 4.57. The summed E-state index contributed by atoms with van der Waals surface area (Å²) in [4.78, 5) is 13.0. The van der Waals surface area contributed by atoms with Crippen LogP contribution in [-0.4, -0.2) is 29.9 Å². The van der Waals surface area contributed by atoms with Gasteiger partial charge in [0.2, 0.25) is 0 Å². The Bertz CT molecular complexity index is 392. The van der Waals surface area contributed by atoms with Crippen molar-refractivity contribution in [3.8, 4) is 0 Å². The molecule has 86 valence electrons. The van der Waals surface area contributed by atoms with Crippen LogP contribution < -0.4 is 0 Å². The summed E-state index contributed by atoms with van der Waals surface area (Å²) in [6.07, 6.45) is 1.41. The fourth-order valence-electron chi connectivity index (χ4n) is 2.22. The molecule has 0 spiro atoms. The molecule has 1 N–H and O–H groups in total. The highest BCUT2D eigenvalue weighted by Gasteiger charge is 2.28. The summed E-state index contributed by atoms with van der Waals surface area (Å²) in [5.74, 6) is 0. The van der Waals surface area contributed by atoms with Crippen LogP contribution in [0.15, 0.2) is 24.3 Å². The highest BCUT2D eigenvalue weighted by Crippen LogP contribution is 2.34. The van der Waals surface area contributed by atoms with Crippen LogP contribution in [0, 0.1) is 0 Å². The Morgan fingerprint density at radius 1 is 1.56 bits per heavy atom. The first-order valence-electron chi connectivity index (χ1n) is 5.32. The minimum Gasteiger partial charge on any atom is -0.422 e. The first-order valence-corrected chi connectivity index (χ1v) is 5.32. The zero-order valence-electron chi connectivity index (χ0n) is 9.22. The van der Waals surface area contributed by atoms with Gasteiger partial charge in [-0.3, -0.25) is 0 Å². The van der Waals surface area contributed by atoms with Crippen molar-refractivity contribution in [2.75, 3.05) is 13.8 Å². The lowest BCUT2D eigenvalue weighted by Crippen LogP contribution is -2.30. The van der Waals surface area contributed by atoms with Crippen LogP contribution in [0.1, 0.15) is 23.6 Å². The van der Waals surface area contributed by atoms with Gasteiger partial charge < -0.3 is 14.7 Å². The second kappa shape index (κ2) is 4.53. The molecule has 1 amide bonds. The molecule has 1 aromatic rings. The van der Waals surface area contributed by atoms with E-state index in [1.54, 1.807) is 11.9 Å². The van der Waals surface area contributed by atoms with Crippen LogP contribution in [0.3, 0.4) is 0 Å². The SMILES string of the molecule is CN(C(=O)OCO)C1CCc2ccccc21. The first kappa shape index (κ1) is 11.0. The number of amides is 1. The third-order valence-corrected chi connectivity index (χ3v) is 3.04. The van der Waals surface area contributed by atoms with E-state index in [0.29, 0.717) is 0 Å². The van der Waals surface area contributed by atoms with Crippen molar-refractivity contribution in [1.29, 1.82) is 0 Å². The molecular formula is C12H15NO3. The van der Waals surface area contributed by atoms with Gasteiger partial charge in [-0.25, -0.2) is 4.79 Å². The van der Waals surface area contributed by atoms with Gasteiger partial charge in [-0.2, -0.15) is 0 Å². The van der Waals surface area contributed by atoms with Crippen LogP contribution in [0.25, 0.3) is 0 Å². The molecule has 0 radical (unpaired) electrons. The van der Waals surface area contributed by atoms with E-state index in [2.05, 4.69) is 10.8 Å². The van der Waals surface area contributed by atoms with E-state index in [-0.39, 0.29) is 6.04 Å². The number of aliphatic hydroxyl groups is 1. The minimum atomic E-state index is -0.572. The molecule has 0 fully saturated rings. The van der Waals surface area contributed by atoms with E-state index < -0.39 is 12.9 Å². The highest BCUT2D eigenvalue weighted by molar-refractivity contribution is 5.68. The van der Waals surface area contributed by atoms with Gasteiger partial charge in [0.1, 0.15) is 0 Å². The normalized spacial score (nSPS) is 18.0. The van der Waals surface area contributed by atoms with E-state index in [0.717, 1.165) is 12.8 Å². The van der Waals surface area contributed by atoms with Crippen molar-refractivity contribution in [2.45, 2.75) is 18.9 Å². The first-order chi connectivity index (χ1) is 7.74. The summed E-state index contributed by atoms with van der Waals surface area (Å²) in [6, 6.07) is 8.17. The largest absolute Gasteiger partial charge is 0.422 e. The number of carbonyl (C=O) groups excluding carboxylic acids is 1. The number of ether oxygens (including phenoxy) is 1. The Balaban J connectivity index is 2.15. The Labute approximate surface area is 94.4 Å². The molecular weight excluding hydrogens is 206 g/mol. The van der Waals surface area contributed by atoms with Gasteiger partial charge in [0.15, 0.2) is 6.79 Å². The highest BCUT2D eigenvalue weighted by atomic mass is 16.6. The van der Waals surface area contributed by atoms with E-state index >= 15 is 0 Å². The maximum atomic E-state index is 11.5. The molecule has 0 heterocycles. The quantitative estimate of drug-likeness (QED) is 0.773. The maximum Gasteiger partial charge on any atom is 0.412 e. The van der Waals surface area contributed by atoms with Crippen molar-refractivity contribution in [3.63, 3.8) is 0 Å². The molecule has 0 aromatic heterocycles. The molecule has 1 unspecified atom stereocenters. The number of hydrogen-bond donors (Lipinski definition) is 1. The molecule has 1 aliphatic carbocycles. The van der Waals surface area contributed by atoms with Gasteiger partial charge in [-0.05, 0) is 24.0 Å². The second-order valence-corrected chi connectivity index (χ2v) is 3.90. The molecule has 1 aromatic carbocycles. The smallest absolute Gasteiger partial charge is 0.412 e. The van der Waals surface area contributed by atoms with Gasteiger partial charge in [0, 0.05) is 7.05 Å². The number of aryl methyl sites for hydroxylation is 1. The Morgan fingerprint density at radius 2 is 2.31 bits per heavy atom. The van der Waals surface area contributed by atoms with Crippen molar-refractivity contribution < 1.29 is 14.6 Å². The zero-order valence-corrected chi connectivity index (χ0v) is 9.22. The number of hydrogen-bond acceptors (Lipinski definition) is 3. The average molecular weight is 221 g/mol. The predicted molar refractivity (Wildman–Crippen MR) is 58.8 cm³/mol. The topological polar surface area (TPSA) is 49.8 Å². The molecule has 1 atom stereocenters. The number of nitrogens with zero attached hydrogens (tertiary/aromatic N) is 1. The Hall–Kier alpha value is -1.55. The molecule has 4 heteroatoms. The standard InChI is InChI=1S/C12H15NO3/c1-13(12(15)16-8-14)11-7-6-9-4-2-3-5-10(9)11/h2-5,11,14H,6-8H2,1H3. The van der Waals surface area contributed by atoms with Gasteiger partial charge in [0.25, 0.3) is 0 Å². The van der Waals surface area contributed by atoms with E-state index in [1.165, 1.54) is 11.1 Å². The molecule has 1 aliphatic rings. The number of fused-ring (bicyclic) bond motifs is 1. The van der Waals surface area contributed by atoms with Gasteiger partial charge in [0.05, 0.1) is 6.04 Å². The van der Waals surface area contributed by atoms with Crippen LogP contribution >= 0.6 is 0 Å². The average Bonchev–Trinajstić information content (AvgIpc) is 2.72. The molecule has 0 saturated heterocycles.